The van der Waals surface area contributed by atoms with E-state index in [4.69, 9.17) is 4.74 Å². The topological polar surface area (TPSA) is 58.6 Å². The monoisotopic (exact) mass is 354 g/mol. The van der Waals surface area contributed by atoms with Crippen LogP contribution >= 0.6 is 11.3 Å². The van der Waals surface area contributed by atoms with E-state index in [1.54, 1.807) is 13.2 Å². The Labute approximate surface area is 142 Å². The number of benzene rings is 1. The summed E-state index contributed by atoms with van der Waals surface area (Å²) in [6.45, 7) is 2.20. The van der Waals surface area contributed by atoms with E-state index in [2.05, 4.69) is 4.72 Å². The second-order valence-electron chi connectivity index (χ2n) is 5.47. The van der Waals surface area contributed by atoms with E-state index in [0.29, 0.717) is 10.8 Å². The van der Waals surface area contributed by atoms with Crippen LogP contribution in [0.2, 0.25) is 0 Å². The van der Waals surface area contributed by atoms with Crippen LogP contribution in [0.4, 0.5) is 0 Å². The molecule has 5 nitrogen and oxygen atoms in total. The molecule has 0 amide bonds. The molecule has 0 aliphatic rings. The predicted molar refractivity (Wildman–Crippen MR) is 93.7 cm³/mol. The third-order valence-electron chi connectivity index (χ3n) is 3.57. The molecule has 1 N–H and O–H groups in total. The van der Waals surface area contributed by atoms with Crippen molar-refractivity contribution in [2.45, 2.75) is 17.2 Å². The van der Waals surface area contributed by atoms with Gasteiger partial charge in [0, 0.05) is 17.5 Å². The number of likely N-dealkylation sites (N-methyl/N-ethyl adjacent to an activating group) is 1. The van der Waals surface area contributed by atoms with E-state index >= 15 is 0 Å². The summed E-state index contributed by atoms with van der Waals surface area (Å²) in [6, 6.07) is 11.1. The molecule has 0 radical (unpaired) electrons. The van der Waals surface area contributed by atoms with Crippen molar-refractivity contribution in [2.24, 2.45) is 0 Å². The van der Waals surface area contributed by atoms with Crippen LogP contribution in [0.15, 0.2) is 40.6 Å². The Morgan fingerprint density at radius 1 is 1.17 bits per heavy atom. The molecule has 126 valence electrons. The van der Waals surface area contributed by atoms with Gasteiger partial charge in [0.15, 0.2) is 0 Å². The van der Waals surface area contributed by atoms with Crippen LogP contribution in [0.5, 0.6) is 5.75 Å². The van der Waals surface area contributed by atoms with Crippen LogP contribution in [0.1, 0.15) is 16.5 Å². The largest absolute Gasteiger partial charge is 0.497 e. The van der Waals surface area contributed by atoms with Crippen LogP contribution in [0, 0.1) is 6.92 Å². The van der Waals surface area contributed by atoms with Crippen molar-refractivity contribution in [3.8, 4) is 5.75 Å². The summed E-state index contributed by atoms with van der Waals surface area (Å²) < 4.78 is 32.9. The number of rotatable bonds is 7. The molecule has 0 saturated carbocycles. The number of hydrogen-bond acceptors (Lipinski definition) is 5. The highest BCUT2D eigenvalue weighted by atomic mass is 32.2. The molecule has 0 spiro atoms. The van der Waals surface area contributed by atoms with Crippen LogP contribution in [-0.2, 0) is 10.0 Å². The lowest BCUT2D eigenvalue weighted by molar-refractivity contribution is 0.299. The first-order valence-corrected chi connectivity index (χ1v) is 9.50. The Hall–Kier alpha value is -1.41. The van der Waals surface area contributed by atoms with E-state index in [-0.39, 0.29) is 6.04 Å². The number of aryl methyl sites for hydroxylation is 1. The van der Waals surface area contributed by atoms with E-state index in [9.17, 15) is 8.42 Å². The molecule has 2 aromatic rings. The maximum atomic E-state index is 12.4. The first kappa shape index (κ1) is 17.9. The first-order valence-electron chi connectivity index (χ1n) is 7.20. The smallest absolute Gasteiger partial charge is 0.250 e. The number of ether oxygens (including phenoxy) is 1. The zero-order valence-electron chi connectivity index (χ0n) is 13.7. The molecule has 0 aliphatic carbocycles. The summed E-state index contributed by atoms with van der Waals surface area (Å²) in [6.07, 6.45) is 0. The van der Waals surface area contributed by atoms with Gasteiger partial charge in [0.1, 0.15) is 9.96 Å². The van der Waals surface area contributed by atoms with Crippen molar-refractivity contribution in [1.29, 1.82) is 0 Å². The Morgan fingerprint density at radius 2 is 1.83 bits per heavy atom. The Morgan fingerprint density at radius 3 is 2.30 bits per heavy atom. The molecular weight excluding hydrogens is 332 g/mol. The van der Waals surface area contributed by atoms with Crippen molar-refractivity contribution in [2.75, 3.05) is 27.7 Å². The SMILES string of the molecule is COc1ccc(C(CNS(=O)(=O)c2ccc(C)s2)N(C)C)cc1. The Bertz CT molecular complexity index is 737. The number of nitrogens with one attached hydrogen (secondary N) is 1. The molecule has 1 atom stereocenters. The minimum Gasteiger partial charge on any atom is -0.497 e. The van der Waals surface area contributed by atoms with Crippen LogP contribution in [-0.4, -0.2) is 41.1 Å². The third-order valence-corrected chi connectivity index (χ3v) is 6.49. The number of methoxy groups -OCH3 is 1. The fourth-order valence-corrected chi connectivity index (χ4v) is 4.61. The van der Waals surface area contributed by atoms with Crippen molar-refractivity contribution >= 4 is 21.4 Å². The van der Waals surface area contributed by atoms with Gasteiger partial charge in [0.25, 0.3) is 0 Å². The molecular formula is C16H22N2O3S2. The fraction of sp³-hybridized carbons (Fsp3) is 0.375. The number of hydrogen-bond donors (Lipinski definition) is 1. The maximum absolute atomic E-state index is 12.4. The van der Waals surface area contributed by atoms with E-state index < -0.39 is 10.0 Å². The van der Waals surface area contributed by atoms with Gasteiger partial charge in [-0.3, -0.25) is 0 Å². The number of sulfonamides is 1. The van der Waals surface area contributed by atoms with Crippen molar-refractivity contribution in [3.63, 3.8) is 0 Å². The highest BCUT2D eigenvalue weighted by Crippen LogP contribution is 2.23. The highest BCUT2D eigenvalue weighted by molar-refractivity contribution is 7.91. The lowest BCUT2D eigenvalue weighted by Crippen LogP contribution is -2.34. The zero-order valence-corrected chi connectivity index (χ0v) is 15.4. The molecule has 0 aliphatic heterocycles. The van der Waals surface area contributed by atoms with Gasteiger partial charge in [-0.15, -0.1) is 11.3 Å². The molecule has 0 saturated heterocycles. The predicted octanol–water partition coefficient (Wildman–Crippen LogP) is 2.65. The summed E-state index contributed by atoms with van der Waals surface area (Å²) in [4.78, 5) is 2.97. The second-order valence-corrected chi connectivity index (χ2v) is 8.75. The van der Waals surface area contributed by atoms with E-state index in [0.717, 1.165) is 16.2 Å². The van der Waals surface area contributed by atoms with Gasteiger partial charge in [-0.1, -0.05) is 12.1 Å². The quantitative estimate of drug-likeness (QED) is 0.830. The van der Waals surface area contributed by atoms with Gasteiger partial charge in [-0.05, 0) is 50.8 Å². The average molecular weight is 354 g/mol. The zero-order chi connectivity index (χ0) is 17.0. The molecule has 1 aromatic carbocycles. The summed E-state index contributed by atoms with van der Waals surface area (Å²) in [5.74, 6) is 0.779. The van der Waals surface area contributed by atoms with Crippen molar-refractivity contribution in [1.82, 2.24) is 9.62 Å². The van der Waals surface area contributed by atoms with Gasteiger partial charge >= 0.3 is 0 Å². The normalized spacial score (nSPS) is 13.3. The molecule has 0 fully saturated rings. The highest BCUT2D eigenvalue weighted by Gasteiger charge is 2.20. The molecule has 7 heteroatoms. The van der Waals surface area contributed by atoms with Crippen LogP contribution < -0.4 is 9.46 Å². The molecule has 1 unspecified atom stereocenters. The van der Waals surface area contributed by atoms with E-state index in [1.807, 2.05) is 56.3 Å². The van der Waals surface area contributed by atoms with E-state index in [1.165, 1.54) is 11.3 Å². The maximum Gasteiger partial charge on any atom is 0.250 e. The number of nitrogens with zero attached hydrogens (tertiary/aromatic N) is 1. The van der Waals surface area contributed by atoms with Crippen LogP contribution in [0.3, 0.4) is 0 Å². The lowest BCUT2D eigenvalue weighted by Gasteiger charge is -2.25. The van der Waals surface area contributed by atoms with Gasteiger partial charge in [-0.2, -0.15) is 0 Å². The van der Waals surface area contributed by atoms with Gasteiger partial charge < -0.3 is 9.64 Å². The molecule has 23 heavy (non-hydrogen) atoms. The standard InChI is InChI=1S/C16H22N2O3S2/c1-12-5-10-16(22-12)23(19,20)17-11-15(18(2)3)13-6-8-14(21-4)9-7-13/h5-10,15,17H,11H2,1-4H3. The fourth-order valence-electron chi connectivity index (χ4n) is 2.24. The molecule has 0 bridgehead atoms. The van der Waals surface area contributed by atoms with Crippen molar-refractivity contribution in [3.05, 3.63) is 46.8 Å². The molecule has 1 heterocycles. The minimum absolute atomic E-state index is 0.0586. The van der Waals surface area contributed by atoms with Crippen molar-refractivity contribution < 1.29 is 13.2 Å². The van der Waals surface area contributed by atoms with Crippen LogP contribution in [0.25, 0.3) is 0 Å². The Kier molecular flexibility index (Phi) is 5.80. The lowest BCUT2D eigenvalue weighted by atomic mass is 10.1. The van der Waals surface area contributed by atoms with Gasteiger partial charge in [0.05, 0.1) is 7.11 Å². The first-order chi connectivity index (χ1) is 10.8. The summed E-state index contributed by atoms with van der Waals surface area (Å²) in [7, 11) is 2.01. The minimum atomic E-state index is -3.47. The Balaban J connectivity index is 2.13. The van der Waals surface area contributed by atoms with Gasteiger partial charge in [0.2, 0.25) is 10.0 Å². The second kappa shape index (κ2) is 7.44. The van der Waals surface area contributed by atoms with Gasteiger partial charge in [-0.25, -0.2) is 13.1 Å². The summed E-state index contributed by atoms with van der Waals surface area (Å²) in [5, 5.41) is 0. The molecule has 2 rings (SSSR count). The third kappa shape index (κ3) is 4.54. The number of thiophene rings is 1. The molecule has 1 aromatic heterocycles. The summed E-state index contributed by atoms with van der Waals surface area (Å²) in [5.41, 5.74) is 1.03. The summed E-state index contributed by atoms with van der Waals surface area (Å²) >= 11 is 1.27. The average Bonchev–Trinajstić information content (AvgIpc) is 2.95.